The number of benzene rings is 2. The maximum absolute atomic E-state index is 14.0. The summed E-state index contributed by atoms with van der Waals surface area (Å²) in [6.07, 6.45) is 5.58. The number of hydrogen-bond acceptors (Lipinski definition) is 3. The second-order valence-electron chi connectivity index (χ2n) is 6.09. The summed E-state index contributed by atoms with van der Waals surface area (Å²) in [5.41, 5.74) is 2.44. The largest absolute Gasteiger partial charge is 0.367 e. The fourth-order valence-electron chi connectivity index (χ4n) is 3.07. The molecule has 128 valence electrons. The van der Waals surface area contributed by atoms with Crippen LogP contribution in [0.15, 0.2) is 66.6 Å². The third kappa shape index (κ3) is 3.41. The zero-order valence-corrected chi connectivity index (χ0v) is 15.4. The molecule has 2 aromatic carbocycles. The first-order valence-corrected chi connectivity index (χ1v) is 9.05. The summed E-state index contributed by atoms with van der Waals surface area (Å²) >= 11 is 2.28. The second-order valence-corrected chi connectivity index (χ2v) is 7.34. The first-order valence-electron chi connectivity index (χ1n) is 7.97. The Morgan fingerprint density at radius 3 is 2.68 bits per heavy atom. The summed E-state index contributed by atoms with van der Waals surface area (Å²) < 4.78 is 28.7. The minimum atomic E-state index is -0.833. The van der Waals surface area contributed by atoms with E-state index >= 15 is 0 Å². The standard InChI is InChI=1S/C19H16F2IN3/c20-15-3-1-2-14(18(15)21)19-23-16-8-9-25(11-17(16)24-19)10-12-4-6-13(22)7-5-12/h1-9,11,16,19,23-24H,10H2. The molecule has 0 saturated carbocycles. The Bertz CT molecular complexity index is 848. The van der Waals surface area contributed by atoms with E-state index in [1.54, 1.807) is 6.07 Å². The van der Waals surface area contributed by atoms with Crippen LogP contribution in [0.4, 0.5) is 8.78 Å². The number of hydrogen-bond donors (Lipinski definition) is 2. The molecule has 25 heavy (non-hydrogen) atoms. The van der Waals surface area contributed by atoms with Crippen molar-refractivity contribution in [3.8, 4) is 0 Å². The van der Waals surface area contributed by atoms with Crippen molar-refractivity contribution in [3.63, 3.8) is 0 Å². The number of fused-ring (bicyclic) bond motifs is 1. The van der Waals surface area contributed by atoms with Gasteiger partial charge in [0.15, 0.2) is 11.6 Å². The molecule has 2 aliphatic rings. The smallest absolute Gasteiger partial charge is 0.165 e. The van der Waals surface area contributed by atoms with Crippen molar-refractivity contribution in [2.75, 3.05) is 0 Å². The molecular formula is C19H16F2IN3. The molecule has 2 heterocycles. The minimum absolute atomic E-state index is 0.0272. The van der Waals surface area contributed by atoms with Gasteiger partial charge in [0.2, 0.25) is 0 Å². The fraction of sp³-hybridized carbons (Fsp3) is 0.158. The number of rotatable bonds is 3. The zero-order valence-electron chi connectivity index (χ0n) is 13.2. The third-order valence-electron chi connectivity index (χ3n) is 4.34. The van der Waals surface area contributed by atoms with Crippen LogP contribution in [0.5, 0.6) is 0 Å². The van der Waals surface area contributed by atoms with Crippen molar-refractivity contribution in [1.29, 1.82) is 0 Å². The average Bonchev–Trinajstić information content (AvgIpc) is 3.02. The molecule has 0 radical (unpaired) electrons. The lowest BCUT2D eigenvalue weighted by Gasteiger charge is -2.22. The Kier molecular flexibility index (Phi) is 4.47. The van der Waals surface area contributed by atoms with Gasteiger partial charge in [0.05, 0.1) is 11.7 Å². The van der Waals surface area contributed by atoms with Gasteiger partial charge < -0.3 is 10.2 Å². The monoisotopic (exact) mass is 451 g/mol. The maximum atomic E-state index is 14.0. The van der Waals surface area contributed by atoms with Crippen LogP contribution in [-0.4, -0.2) is 10.9 Å². The van der Waals surface area contributed by atoms with Crippen LogP contribution in [0.3, 0.4) is 0 Å². The summed E-state index contributed by atoms with van der Waals surface area (Å²) in [7, 11) is 0. The first kappa shape index (κ1) is 16.5. The van der Waals surface area contributed by atoms with Crippen molar-refractivity contribution < 1.29 is 8.78 Å². The third-order valence-corrected chi connectivity index (χ3v) is 5.06. The van der Waals surface area contributed by atoms with Crippen LogP contribution in [0.1, 0.15) is 17.3 Å². The van der Waals surface area contributed by atoms with E-state index in [9.17, 15) is 8.78 Å². The molecule has 0 bridgehead atoms. The van der Waals surface area contributed by atoms with Crippen molar-refractivity contribution >= 4 is 22.6 Å². The van der Waals surface area contributed by atoms with Gasteiger partial charge in [-0.2, -0.15) is 0 Å². The van der Waals surface area contributed by atoms with Crippen LogP contribution in [0, 0.1) is 15.2 Å². The van der Waals surface area contributed by atoms with Crippen molar-refractivity contribution in [1.82, 2.24) is 15.5 Å². The molecule has 2 unspecified atom stereocenters. The van der Waals surface area contributed by atoms with Crippen molar-refractivity contribution in [2.24, 2.45) is 0 Å². The van der Waals surface area contributed by atoms with Crippen LogP contribution in [0.25, 0.3) is 0 Å². The summed E-state index contributed by atoms with van der Waals surface area (Å²) in [6, 6.07) is 12.6. The van der Waals surface area contributed by atoms with Gasteiger partial charge in [0, 0.05) is 28.1 Å². The lowest BCUT2D eigenvalue weighted by molar-refractivity contribution is 0.468. The molecule has 0 spiro atoms. The maximum Gasteiger partial charge on any atom is 0.165 e. The topological polar surface area (TPSA) is 27.3 Å². The number of nitrogens with one attached hydrogen (secondary N) is 2. The normalized spacial score (nSPS) is 21.7. The molecule has 2 atom stereocenters. The minimum Gasteiger partial charge on any atom is -0.367 e. The Labute approximate surface area is 158 Å². The van der Waals surface area contributed by atoms with E-state index in [2.05, 4.69) is 62.4 Å². The van der Waals surface area contributed by atoms with Crippen molar-refractivity contribution in [3.05, 3.63) is 93.0 Å². The number of halogens is 3. The average molecular weight is 451 g/mol. The predicted molar refractivity (Wildman–Crippen MR) is 101 cm³/mol. The lowest BCUT2D eigenvalue weighted by Crippen LogP contribution is -2.27. The molecule has 1 fully saturated rings. The van der Waals surface area contributed by atoms with E-state index in [-0.39, 0.29) is 11.6 Å². The van der Waals surface area contributed by atoms with E-state index in [0.29, 0.717) is 0 Å². The molecule has 1 saturated heterocycles. The van der Waals surface area contributed by atoms with E-state index < -0.39 is 17.8 Å². The molecule has 6 heteroatoms. The first-order chi connectivity index (χ1) is 12.1. The molecule has 2 aromatic rings. The highest BCUT2D eigenvalue weighted by atomic mass is 127. The van der Waals surface area contributed by atoms with Gasteiger partial charge in [0.1, 0.15) is 6.17 Å². The van der Waals surface area contributed by atoms with E-state index in [1.807, 2.05) is 18.5 Å². The van der Waals surface area contributed by atoms with Crippen LogP contribution < -0.4 is 10.6 Å². The van der Waals surface area contributed by atoms with Gasteiger partial charge in [-0.15, -0.1) is 0 Å². The van der Waals surface area contributed by atoms with E-state index in [4.69, 9.17) is 0 Å². The molecule has 2 aliphatic heterocycles. The summed E-state index contributed by atoms with van der Waals surface area (Å²) in [5.74, 6) is -1.65. The zero-order chi connectivity index (χ0) is 17.4. The Morgan fingerprint density at radius 2 is 1.88 bits per heavy atom. The van der Waals surface area contributed by atoms with Gasteiger partial charge in [-0.05, 0) is 52.4 Å². The molecule has 4 rings (SSSR count). The summed E-state index contributed by atoms with van der Waals surface area (Å²) in [4.78, 5) is 2.08. The number of nitrogens with zero attached hydrogens (tertiary/aromatic N) is 1. The highest BCUT2D eigenvalue weighted by molar-refractivity contribution is 14.1. The summed E-state index contributed by atoms with van der Waals surface area (Å²) in [6.45, 7) is 0.754. The van der Waals surface area contributed by atoms with Gasteiger partial charge in [-0.1, -0.05) is 24.3 Å². The van der Waals surface area contributed by atoms with Gasteiger partial charge in [0.25, 0.3) is 0 Å². The second kappa shape index (κ2) is 6.76. The fourth-order valence-corrected chi connectivity index (χ4v) is 3.43. The quantitative estimate of drug-likeness (QED) is 0.692. The molecule has 0 amide bonds. The van der Waals surface area contributed by atoms with Crippen LogP contribution in [0.2, 0.25) is 0 Å². The molecule has 0 aromatic heterocycles. The SMILES string of the molecule is Fc1cccc(C2NC3=CN(Cc4ccc(I)cc4)C=CC3N2)c1F. The van der Waals surface area contributed by atoms with Gasteiger partial charge in [-0.3, -0.25) is 5.32 Å². The Hall–Kier alpha value is -1.93. The molecule has 3 nitrogen and oxygen atoms in total. The van der Waals surface area contributed by atoms with Crippen LogP contribution >= 0.6 is 22.6 Å². The summed E-state index contributed by atoms with van der Waals surface area (Å²) in [5, 5.41) is 6.52. The highest BCUT2D eigenvalue weighted by Gasteiger charge is 2.31. The van der Waals surface area contributed by atoms with Gasteiger partial charge in [-0.25, -0.2) is 8.78 Å². The lowest BCUT2D eigenvalue weighted by atomic mass is 10.1. The predicted octanol–water partition coefficient (Wildman–Crippen LogP) is 4.00. The molecular weight excluding hydrogens is 435 g/mol. The van der Waals surface area contributed by atoms with E-state index in [0.717, 1.165) is 18.3 Å². The highest BCUT2D eigenvalue weighted by Crippen LogP contribution is 2.27. The van der Waals surface area contributed by atoms with Crippen molar-refractivity contribution in [2.45, 2.75) is 18.8 Å². The Balaban J connectivity index is 1.50. The molecule has 0 aliphatic carbocycles. The van der Waals surface area contributed by atoms with Gasteiger partial charge >= 0.3 is 0 Å². The molecule has 2 N–H and O–H groups in total. The van der Waals surface area contributed by atoms with Crippen LogP contribution in [-0.2, 0) is 6.54 Å². The van der Waals surface area contributed by atoms with E-state index in [1.165, 1.54) is 15.2 Å². The Morgan fingerprint density at radius 1 is 1.08 bits per heavy atom.